The topological polar surface area (TPSA) is 60.1 Å². The van der Waals surface area contributed by atoms with Gasteiger partial charge in [-0.15, -0.1) is 24.0 Å². The van der Waals surface area contributed by atoms with E-state index in [0.29, 0.717) is 24.9 Å². The molecule has 3 rings (SSSR count). The summed E-state index contributed by atoms with van der Waals surface area (Å²) in [6, 6.07) is 4.25. The summed E-state index contributed by atoms with van der Waals surface area (Å²) in [5.41, 5.74) is 6.82. The zero-order chi connectivity index (χ0) is 14.1. The number of hydrogen-bond acceptors (Lipinski definition) is 3. The summed E-state index contributed by atoms with van der Waals surface area (Å²) in [7, 11) is 0. The summed E-state index contributed by atoms with van der Waals surface area (Å²) < 4.78 is 24.3. The predicted molar refractivity (Wildman–Crippen MR) is 88.7 cm³/mol. The van der Waals surface area contributed by atoms with E-state index >= 15 is 0 Å². The highest BCUT2D eigenvalue weighted by Crippen LogP contribution is 2.35. The molecule has 116 valence electrons. The SMILES string of the molecule is CC1CN(C(N)=NC2COc3ccc(F)cc32)CCO1.I. The largest absolute Gasteiger partial charge is 0.491 e. The predicted octanol–water partition coefficient (Wildman–Crippen LogP) is 1.91. The van der Waals surface area contributed by atoms with Gasteiger partial charge in [0.2, 0.25) is 0 Å². The molecule has 2 aliphatic heterocycles. The van der Waals surface area contributed by atoms with Crippen LogP contribution in [0.5, 0.6) is 5.75 Å². The lowest BCUT2D eigenvalue weighted by Gasteiger charge is -2.32. The Balaban J connectivity index is 0.00000161. The Hall–Kier alpha value is -1.09. The van der Waals surface area contributed by atoms with Gasteiger partial charge in [-0.05, 0) is 25.1 Å². The number of aliphatic imine (C=N–C) groups is 1. The van der Waals surface area contributed by atoms with Crippen molar-refractivity contribution in [3.05, 3.63) is 29.6 Å². The van der Waals surface area contributed by atoms with Crippen molar-refractivity contribution in [1.82, 2.24) is 4.90 Å². The molecule has 1 fully saturated rings. The molecular weight excluding hydrogens is 388 g/mol. The van der Waals surface area contributed by atoms with Gasteiger partial charge in [-0.1, -0.05) is 0 Å². The number of hydrogen-bond donors (Lipinski definition) is 1. The fraction of sp³-hybridized carbons (Fsp3) is 0.500. The Morgan fingerprint density at radius 2 is 2.29 bits per heavy atom. The smallest absolute Gasteiger partial charge is 0.192 e. The third kappa shape index (κ3) is 3.57. The molecule has 7 heteroatoms. The Labute approximate surface area is 140 Å². The van der Waals surface area contributed by atoms with Crippen molar-refractivity contribution in [2.45, 2.75) is 19.1 Å². The van der Waals surface area contributed by atoms with Crippen molar-refractivity contribution in [3.8, 4) is 5.75 Å². The molecule has 0 aromatic heterocycles. The molecule has 0 bridgehead atoms. The fourth-order valence-electron chi connectivity index (χ4n) is 2.54. The van der Waals surface area contributed by atoms with Gasteiger partial charge in [-0.25, -0.2) is 9.38 Å². The maximum Gasteiger partial charge on any atom is 0.192 e. The first kappa shape index (κ1) is 16.3. The number of ether oxygens (including phenoxy) is 2. The van der Waals surface area contributed by atoms with Crippen LogP contribution in [0.15, 0.2) is 23.2 Å². The van der Waals surface area contributed by atoms with Crippen molar-refractivity contribution >= 4 is 29.9 Å². The second-order valence-electron chi connectivity index (χ2n) is 5.12. The highest BCUT2D eigenvalue weighted by Gasteiger charge is 2.26. The van der Waals surface area contributed by atoms with Crippen LogP contribution in [-0.2, 0) is 4.74 Å². The lowest BCUT2D eigenvalue weighted by Crippen LogP contribution is -2.48. The standard InChI is InChI=1S/C14H18FN3O2.HI/c1-9-7-18(4-5-19-9)14(16)17-12-8-20-13-3-2-10(15)6-11(12)13;/h2-3,6,9,12H,4-5,7-8H2,1H3,(H2,16,17);1H. The van der Waals surface area contributed by atoms with Crippen molar-refractivity contribution in [3.63, 3.8) is 0 Å². The van der Waals surface area contributed by atoms with E-state index in [9.17, 15) is 4.39 Å². The first-order valence-corrected chi connectivity index (χ1v) is 6.75. The van der Waals surface area contributed by atoms with Crippen LogP contribution in [0.3, 0.4) is 0 Å². The Morgan fingerprint density at radius 3 is 3.05 bits per heavy atom. The highest BCUT2D eigenvalue weighted by atomic mass is 127. The lowest BCUT2D eigenvalue weighted by atomic mass is 10.1. The van der Waals surface area contributed by atoms with Crippen LogP contribution in [0.2, 0.25) is 0 Å². The second kappa shape index (κ2) is 6.78. The first-order chi connectivity index (χ1) is 9.63. The van der Waals surface area contributed by atoms with Gasteiger partial charge in [0.1, 0.15) is 24.2 Å². The number of fused-ring (bicyclic) bond motifs is 1. The molecule has 1 aromatic carbocycles. The summed E-state index contributed by atoms with van der Waals surface area (Å²) >= 11 is 0. The Kier molecular flexibility index (Phi) is 5.26. The van der Waals surface area contributed by atoms with E-state index in [1.807, 2.05) is 11.8 Å². The molecule has 2 N–H and O–H groups in total. The maximum atomic E-state index is 13.3. The average Bonchev–Trinajstić information content (AvgIpc) is 2.81. The van der Waals surface area contributed by atoms with Crippen molar-refractivity contribution in [1.29, 1.82) is 0 Å². The molecule has 0 saturated carbocycles. The summed E-state index contributed by atoms with van der Waals surface area (Å²) in [6.45, 7) is 4.49. The fourth-order valence-corrected chi connectivity index (χ4v) is 2.54. The number of halogens is 2. The molecule has 2 heterocycles. The van der Waals surface area contributed by atoms with E-state index in [1.165, 1.54) is 12.1 Å². The Bertz CT molecular complexity index is 541. The van der Waals surface area contributed by atoms with Crippen LogP contribution < -0.4 is 10.5 Å². The summed E-state index contributed by atoms with van der Waals surface area (Å²) in [5.74, 6) is 0.863. The molecule has 1 aromatic rings. The molecule has 0 radical (unpaired) electrons. The lowest BCUT2D eigenvalue weighted by molar-refractivity contribution is 0.00520. The molecule has 0 aliphatic carbocycles. The molecule has 21 heavy (non-hydrogen) atoms. The zero-order valence-electron chi connectivity index (χ0n) is 11.8. The number of rotatable bonds is 1. The molecule has 0 spiro atoms. The van der Waals surface area contributed by atoms with Gasteiger partial charge in [0.25, 0.3) is 0 Å². The average molecular weight is 407 g/mol. The molecule has 2 aliphatic rings. The number of nitrogens with zero attached hydrogens (tertiary/aromatic N) is 2. The van der Waals surface area contributed by atoms with E-state index in [0.717, 1.165) is 18.7 Å². The molecule has 5 nitrogen and oxygen atoms in total. The van der Waals surface area contributed by atoms with Gasteiger partial charge in [-0.2, -0.15) is 0 Å². The van der Waals surface area contributed by atoms with Crippen LogP contribution in [0.25, 0.3) is 0 Å². The maximum absolute atomic E-state index is 13.3. The second-order valence-corrected chi connectivity index (χ2v) is 5.12. The van der Waals surface area contributed by atoms with Gasteiger partial charge >= 0.3 is 0 Å². The van der Waals surface area contributed by atoms with Crippen LogP contribution in [0.4, 0.5) is 4.39 Å². The zero-order valence-corrected chi connectivity index (χ0v) is 14.1. The van der Waals surface area contributed by atoms with E-state index in [-0.39, 0.29) is 41.9 Å². The van der Waals surface area contributed by atoms with Crippen molar-refractivity contribution in [2.24, 2.45) is 10.7 Å². The van der Waals surface area contributed by atoms with Crippen LogP contribution in [-0.4, -0.2) is 43.3 Å². The van der Waals surface area contributed by atoms with Gasteiger partial charge < -0.3 is 20.1 Å². The van der Waals surface area contributed by atoms with Crippen molar-refractivity contribution < 1.29 is 13.9 Å². The quantitative estimate of drug-likeness (QED) is 0.439. The van der Waals surface area contributed by atoms with E-state index in [1.54, 1.807) is 6.07 Å². The van der Waals surface area contributed by atoms with Crippen molar-refractivity contribution in [2.75, 3.05) is 26.3 Å². The monoisotopic (exact) mass is 407 g/mol. The van der Waals surface area contributed by atoms with E-state index in [4.69, 9.17) is 15.2 Å². The third-order valence-electron chi connectivity index (χ3n) is 3.58. The van der Waals surface area contributed by atoms with E-state index in [2.05, 4.69) is 4.99 Å². The van der Waals surface area contributed by atoms with Gasteiger partial charge in [0, 0.05) is 18.7 Å². The summed E-state index contributed by atoms with van der Waals surface area (Å²) in [6.07, 6.45) is 0.141. The normalized spacial score (nSPS) is 25.0. The minimum Gasteiger partial charge on any atom is -0.491 e. The molecule has 2 atom stereocenters. The van der Waals surface area contributed by atoms with Gasteiger partial charge in [0.15, 0.2) is 5.96 Å². The van der Waals surface area contributed by atoms with Gasteiger partial charge in [-0.3, -0.25) is 0 Å². The molecule has 0 amide bonds. The summed E-state index contributed by atoms with van der Waals surface area (Å²) in [5, 5.41) is 0. The molecule has 2 unspecified atom stereocenters. The van der Waals surface area contributed by atoms with Crippen LogP contribution in [0.1, 0.15) is 18.5 Å². The number of guanidine groups is 1. The van der Waals surface area contributed by atoms with Crippen LogP contribution >= 0.6 is 24.0 Å². The van der Waals surface area contributed by atoms with E-state index < -0.39 is 0 Å². The molecule has 1 saturated heterocycles. The summed E-state index contributed by atoms with van der Waals surface area (Å²) in [4.78, 5) is 6.48. The number of benzene rings is 1. The molecular formula is C14H19FIN3O2. The van der Waals surface area contributed by atoms with Crippen LogP contribution in [0, 0.1) is 5.82 Å². The number of nitrogens with two attached hydrogens (primary N) is 1. The highest BCUT2D eigenvalue weighted by molar-refractivity contribution is 14.0. The minimum absolute atomic E-state index is 0. The minimum atomic E-state index is -0.284. The third-order valence-corrected chi connectivity index (χ3v) is 3.58. The Morgan fingerprint density at radius 1 is 1.48 bits per heavy atom. The first-order valence-electron chi connectivity index (χ1n) is 6.75. The number of morpholine rings is 1. The van der Waals surface area contributed by atoms with Gasteiger partial charge in [0.05, 0.1) is 12.7 Å².